The zero-order valence-corrected chi connectivity index (χ0v) is 9.97. The van der Waals surface area contributed by atoms with Gasteiger partial charge in [-0.05, 0) is 12.1 Å². The van der Waals surface area contributed by atoms with Gasteiger partial charge in [0.2, 0.25) is 5.82 Å². The molecule has 104 valence electrons. The van der Waals surface area contributed by atoms with Gasteiger partial charge in [0.1, 0.15) is 18.8 Å². The molecule has 0 aliphatic heterocycles. The summed E-state index contributed by atoms with van der Waals surface area (Å²) in [6, 6.07) is 1.61. The van der Waals surface area contributed by atoms with Crippen molar-refractivity contribution in [2.24, 2.45) is 0 Å². The zero-order chi connectivity index (χ0) is 14.5. The molecule has 0 atom stereocenters. The summed E-state index contributed by atoms with van der Waals surface area (Å²) in [5.74, 6) is -2.42. The molecule has 0 aliphatic carbocycles. The maximum Gasteiger partial charge on any atom is 0.420 e. The first-order valence-corrected chi connectivity index (χ1v) is 5.29. The van der Waals surface area contributed by atoms with Crippen molar-refractivity contribution in [2.45, 2.75) is 6.18 Å². The first-order valence-electron chi connectivity index (χ1n) is 5.29. The Morgan fingerprint density at radius 3 is 2.16 bits per heavy atom. The second-order valence-electron chi connectivity index (χ2n) is 3.45. The highest BCUT2D eigenvalue weighted by atomic mass is 19.4. The van der Waals surface area contributed by atoms with Crippen LogP contribution in [0.25, 0.3) is 0 Å². The largest absolute Gasteiger partial charge is 0.486 e. The lowest BCUT2D eigenvalue weighted by Crippen LogP contribution is -2.11. The average molecular weight is 276 g/mol. The van der Waals surface area contributed by atoms with Crippen LogP contribution in [-0.2, 0) is 6.18 Å². The lowest BCUT2D eigenvalue weighted by molar-refractivity contribution is -0.139. The summed E-state index contributed by atoms with van der Waals surface area (Å²) in [6.07, 6.45) is -2.15. The van der Waals surface area contributed by atoms with E-state index in [1.807, 2.05) is 0 Å². The molecule has 0 heterocycles. The van der Waals surface area contributed by atoms with Crippen molar-refractivity contribution in [3.05, 3.63) is 48.8 Å². The summed E-state index contributed by atoms with van der Waals surface area (Å²) in [5, 5.41) is 0. The van der Waals surface area contributed by atoms with E-state index < -0.39 is 23.3 Å². The van der Waals surface area contributed by atoms with Gasteiger partial charge in [-0.25, -0.2) is 0 Å². The van der Waals surface area contributed by atoms with E-state index in [1.165, 1.54) is 12.2 Å². The number of halogens is 4. The minimum Gasteiger partial charge on any atom is -0.486 e. The van der Waals surface area contributed by atoms with E-state index in [1.54, 1.807) is 0 Å². The fraction of sp³-hybridized carbons (Fsp3) is 0.231. The van der Waals surface area contributed by atoms with Gasteiger partial charge in [0.15, 0.2) is 11.5 Å². The fourth-order valence-corrected chi connectivity index (χ4v) is 1.30. The number of alkyl halides is 3. The third-order valence-electron chi connectivity index (χ3n) is 2.07. The van der Waals surface area contributed by atoms with E-state index in [0.29, 0.717) is 6.07 Å². The molecule has 0 radical (unpaired) electrons. The third-order valence-corrected chi connectivity index (χ3v) is 2.07. The van der Waals surface area contributed by atoms with E-state index in [-0.39, 0.29) is 19.0 Å². The fourth-order valence-electron chi connectivity index (χ4n) is 1.30. The molecule has 1 aromatic rings. The molecule has 0 saturated heterocycles. The summed E-state index contributed by atoms with van der Waals surface area (Å²) in [7, 11) is 0. The van der Waals surface area contributed by atoms with Gasteiger partial charge in [-0.1, -0.05) is 25.3 Å². The standard InChI is InChI=1S/C13H12F4O2/c1-3-7-18-10-6-5-9(13(15,16)17)12(11(10)14)19-8-4-2/h3-6H,1-2,7-8H2. The Morgan fingerprint density at radius 2 is 1.63 bits per heavy atom. The van der Waals surface area contributed by atoms with Crippen molar-refractivity contribution in [3.8, 4) is 11.5 Å². The molecule has 0 saturated carbocycles. The Bertz CT molecular complexity index is 466. The molecule has 1 rings (SSSR count). The Morgan fingerprint density at radius 1 is 1.05 bits per heavy atom. The zero-order valence-electron chi connectivity index (χ0n) is 9.97. The Labute approximate surface area is 107 Å². The third kappa shape index (κ3) is 3.74. The molecule has 19 heavy (non-hydrogen) atoms. The highest BCUT2D eigenvalue weighted by Crippen LogP contribution is 2.40. The van der Waals surface area contributed by atoms with Crippen LogP contribution in [0.1, 0.15) is 5.56 Å². The summed E-state index contributed by atoms with van der Waals surface area (Å²) < 4.78 is 61.7. The van der Waals surface area contributed by atoms with Gasteiger partial charge in [-0.3, -0.25) is 0 Å². The number of hydrogen-bond donors (Lipinski definition) is 0. The topological polar surface area (TPSA) is 18.5 Å². The van der Waals surface area contributed by atoms with Crippen LogP contribution in [0, 0.1) is 5.82 Å². The summed E-state index contributed by atoms with van der Waals surface area (Å²) in [5.41, 5.74) is -1.20. The SMILES string of the molecule is C=CCOc1ccc(C(F)(F)F)c(OCC=C)c1F. The number of ether oxygens (including phenoxy) is 2. The molecule has 0 amide bonds. The maximum atomic E-state index is 13.9. The van der Waals surface area contributed by atoms with Crippen molar-refractivity contribution >= 4 is 0 Å². The minimum atomic E-state index is -4.71. The quantitative estimate of drug-likeness (QED) is 0.578. The second-order valence-corrected chi connectivity index (χ2v) is 3.45. The summed E-state index contributed by atoms with van der Waals surface area (Å²) in [6.45, 7) is 6.39. The van der Waals surface area contributed by atoms with Crippen LogP contribution >= 0.6 is 0 Å². The van der Waals surface area contributed by atoms with Crippen molar-refractivity contribution in [1.29, 1.82) is 0 Å². The average Bonchev–Trinajstić information content (AvgIpc) is 2.34. The molecule has 0 aliphatic rings. The monoisotopic (exact) mass is 276 g/mol. The van der Waals surface area contributed by atoms with Crippen molar-refractivity contribution in [1.82, 2.24) is 0 Å². The number of hydrogen-bond acceptors (Lipinski definition) is 2. The van der Waals surface area contributed by atoms with E-state index in [0.717, 1.165) is 6.07 Å². The molecule has 2 nitrogen and oxygen atoms in total. The molecule has 0 fully saturated rings. The molecular weight excluding hydrogens is 264 g/mol. The van der Waals surface area contributed by atoms with Crippen molar-refractivity contribution in [3.63, 3.8) is 0 Å². The number of rotatable bonds is 6. The molecule has 1 aromatic carbocycles. The molecule has 0 spiro atoms. The lowest BCUT2D eigenvalue weighted by Gasteiger charge is -2.16. The smallest absolute Gasteiger partial charge is 0.420 e. The molecule has 0 unspecified atom stereocenters. The van der Waals surface area contributed by atoms with Crippen LogP contribution in [0.4, 0.5) is 17.6 Å². The first-order chi connectivity index (χ1) is 8.91. The van der Waals surface area contributed by atoms with E-state index in [2.05, 4.69) is 13.2 Å². The van der Waals surface area contributed by atoms with Gasteiger partial charge in [0.25, 0.3) is 0 Å². The van der Waals surface area contributed by atoms with Gasteiger partial charge < -0.3 is 9.47 Å². The van der Waals surface area contributed by atoms with Crippen LogP contribution in [0.5, 0.6) is 11.5 Å². The predicted octanol–water partition coefficient (Wildman–Crippen LogP) is 3.97. The first kappa shape index (κ1) is 15.1. The molecule has 0 N–H and O–H groups in total. The minimum absolute atomic E-state index is 0.0246. The van der Waals surface area contributed by atoms with Crippen LogP contribution in [0.3, 0.4) is 0 Å². The summed E-state index contributed by atoms with van der Waals surface area (Å²) >= 11 is 0. The van der Waals surface area contributed by atoms with Crippen LogP contribution in [0.15, 0.2) is 37.4 Å². The Hall–Kier alpha value is -1.98. The maximum absolute atomic E-state index is 13.9. The van der Waals surface area contributed by atoms with Crippen LogP contribution in [-0.4, -0.2) is 13.2 Å². The van der Waals surface area contributed by atoms with E-state index >= 15 is 0 Å². The molecule has 6 heteroatoms. The van der Waals surface area contributed by atoms with Gasteiger partial charge in [-0.2, -0.15) is 17.6 Å². The van der Waals surface area contributed by atoms with Crippen molar-refractivity contribution in [2.75, 3.05) is 13.2 Å². The normalized spacial score (nSPS) is 10.9. The molecule has 0 bridgehead atoms. The molecule has 0 aromatic heterocycles. The van der Waals surface area contributed by atoms with Gasteiger partial charge in [0, 0.05) is 0 Å². The summed E-state index contributed by atoms with van der Waals surface area (Å²) in [4.78, 5) is 0. The van der Waals surface area contributed by atoms with Gasteiger partial charge in [0.05, 0.1) is 0 Å². The Balaban J connectivity index is 3.23. The number of benzene rings is 1. The second kappa shape index (κ2) is 6.26. The Kier molecular flexibility index (Phi) is 4.97. The van der Waals surface area contributed by atoms with Gasteiger partial charge in [-0.15, -0.1) is 0 Å². The van der Waals surface area contributed by atoms with Gasteiger partial charge >= 0.3 is 6.18 Å². The molecular formula is C13H12F4O2. The van der Waals surface area contributed by atoms with E-state index in [4.69, 9.17) is 9.47 Å². The predicted molar refractivity (Wildman–Crippen MR) is 62.8 cm³/mol. The van der Waals surface area contributed by atoms with Crippen molar-refractivity contribution < 1.29 is 27.0 Å². The van der Waals surface area contributed by atoms with Crippen LogP contribution in [0.2, 0.25) is 0 Å². The highest BCUT2D eigenvalue weighted by Gasteiger charge is 2.36. The lowest BCUT2D eigenvalue weighted by atomic mass is 10.1. The van der Waals surface area contributed by atoms with Crippen LogP contribution < -0.4 is 9.47 Å². The highest BCUT2D eigenvalue weighted by molar-refractivity contribution is 5.44. The van der Waals surface area contributed by atoms with E-state index in [9.17, 15) is 17.6 Å².